The van der Waals surface area contributed by atoms with Crippen molar-refractivity contribution in [2.75, 3.05) is 0 Å². The van der Waals surface area contributed by atoms with Crippen molar-refractivity contribution in [2.24, 2.45) is 5.92 Å². The Labute approximate surface area is 168 Å². The van der Waals surface area contributed by atoms with E-state index >= 15 is 0 Å². The van der Waals surface area contributed by atoms with Crippen LogP contribution in [0, 0.1) is 12.8 Å². The number of benzene rings is 1. The van der Waals surface area contributed by atoms with E-state index in [0.29, 0.717) is 17.9 Å². The van der Waals surface area contributed by atoms with Crippen LogP contribution in [0.4, 0.5) is 13.2 Å². The third-order valence-corrected chi connectivity index (χ3v) is 4.57. The average Bonchev–Trinajstić information content (AvgIpc) is 3.13. The van der Waals surface area contributed by atoms with Crippen LogP contribution in [0.25, 0.3) is 5.69 Å². The summed E-state index contributed by atoms with van der Waals surface area (Å²) in [7, 11) is 0. The third kappa shape index (κ3) is 6.45. The molecule has 0 radical (unpaired) electrons. The number of ether oxygens (including phenoxy) is 1. The normalized spacial score (nSPS) is 14.2. The molecule has 0 saturated heterocycles. The van der Waals surface area contributed by atoms with Crippen LogP contribution < -0.4 is 10.5 Å². The minimum atomic E-state index is -4.42. The van der Waals surface area contributed by atoms with Gasteiger partial charge in [0, 0.05) is 6.20 Å². The van der Waals surface area contributed by atoms with E-state index in [4.69, 9.17) is 4.74 Å². The summed E-state index contributed by atoms with van der Waals surface area (Å²) in [6, 6.07) is 5.14. The second-order valence-corrected chi connectivity index (χ2v) is 7.10. The van der Waals surface area contributed by atoms with Gasteiger partial charge in [0.05, 0.1) is 23.4 Å². The number of carbonyl (C=O) groups is 1. The fraction of sp³-hybridized carbons (Fsp3) is 0.429. The summed E-state index contributed by atoms with van der Waals surface area (Å²) in [5, 5.41) is 3.80. The summed E-state index contributed by atoms with van der Waals surface area (Å²) in [5.41, 5.74) is 3.95. The Kier molecular flexibility index (Phi) is 7.61. The van der Waals surface area contributed by atoms with Crippen LogP contribution in [-0.2, 0) is 11.0 Å². The number of quaternary nitrogens is 1. The van der Waals surface area contributed by atoms with Crippen molar-refractivity contribution in [3.8, 4) is 11.4 Å². The first-order valence-corrected chi connectivity index (χ1v) is 9.53. The third-order valence-electron chi connectivity index (χ3n) is 4.57. The van der Waals surface area contributed by atoms with Gasteiger partial charge in [0.2, 0.25) is 0 Å². The zero-order valence-electron chi connectivity index (χ0n) is 16.9. The van der Waals surface area contributed by atoms with Gasteiger partial charge in [-0.2, -0.15) is 18.3 Å². The summed E-state index contributed by atoms with van der Waals surface area (Å²) >= 11 is 0. The second-order valence-electron chi connectivity index (χ2n) is 7.10. The van der Waals surface area contributed by atoms with Crippen molar-refractivity contribution >= 4 is 5.91 Å². The number of aryl methyl sites for hydroxylation is 1. The molecule has 29 heavy (non-hydrogen) atoms. The van der Waals surface area contributed by atoms with E-state index < -0.39 is 11.7 Å². The smallest absolute Gasteiger partial charge is 0.419 e. The molecule has 1 heterocycles. The molecule has 2 rings (SSSR count). The number of rotatable bonds is 9. The van der Waals surface area contributed by atoms with Crippen molar-refractivity contribution in [3.05, 3.63) is 53.9 Å². The first-order valence-electron chi connectivity index (χ1n) is 9.53. The van der Waals surface area contributed by atoms with Crippen molar-refractivity contribution < 1.29 is 28.4 Å². The molecule has 0 aliphatic heterocycles. The van der Waals surface area contributed by atoms with E-state index in [0.717, 1.165) is 30.8 Å². The van der Waals surface area contributed by atoms with Crippen LogP contribution in [0.5, 0.6) is 5.75 Å². The minimum Gasteiger partial charge on any atom is -0.486 e. The lowest BCUT2D eigenvalue weighted by Gasteiger charge is -2.18. The Hall–Kier alpha value is -2.61. The summed E-state index contributed by atoms with van der Waals surface area (Å²) in [6.45, 7) is 5.72. The molecule has 8 heteroatoms. The Bertz CT molecular complexity index is 859. The fourth-order valence-electron chi connectivity index (χ4n) is 2.73. The first kappa shape index (κ1) is 22.7. The van der Waals surface area contributed by atoms with Gasteiger partial charge in [-0.3, -0.25) is 5.73 Å². The number of hydrogen-bond donors (Lipinski definition) is 1. The second kappa shape index (κ2) is 9.73. The van der Waals surface area contributed by atoms with E-state index in [-0.39, 0.29) is 17.9 Å². The van der Waals surface area contributed by atoms with Gasteiger partial charge in [0.1, 0.15) is 11.9 Å². The van der Waals surface area contributed by atoms with E-state index in [1.165, 1.54) is 4.68 Å². The predicted molar refractivity (Wildman–Crippen MR) is 103 cm³/mol. The molecular formula is C21H27F3N3O2+. The molecule has 0 aliphatic carbocycles. The molecule has 1 aromatic carbocycles. The van der Waals surface area contributed by atoms with Gasteiger partial charge in [-0.25, -0.2) is 9.48 Å². The highest BCUT2D eigenvalue weighted by atomic mass is 19.4. The Morgan fingerprint density at radius 3 is 2.66 bits per heavy atom. The monoisotopic (exact) mass is 410 g/mol. The SMILES string of the molecule is CCCC(C=CCC(C)C([NH3+])=O)Oc1ccc(-n2cc(C(F)(F)F)cn2)cc1C. The van der Waals surface area contributed by atoms with Gasteiger partial charge in [-0.1, -0.05) is 19.4 Å². The minimum absolute atomic E-state index is 0.0960. The molecule has 2 unspecified atom stereocenters. The molecule has 3 N–H and O–H groups in total. The first-order chi connectivity index (χ1) is 13.6. The number of halogens is 3. The maximum absolute atomic E-state index is 12.8. The topological polar surface area (TPSA) is 71.8 Å². The van der Waals surface area contributed by atoms with Gasteiger partial charge in [-0.15, -0.1) is 0 Å². The zero-order valence-corrected chi connectivity index (χ0v) is 16.9. The highest BCUT2D eigenvalue weighted by Crippen LogP contribution is 2.30. The van der Waals surface area contributed by atoms with Gasteiger partial charge in [0.15, 0.2) is 0 Å². The predicted octanol–water partition coefficient (Wildman–Crippen LogP) is 4.10. The lowest BCUT2D eigenvalue weighted by molar-refractivity contribution is -0.310. The van der Waals surface area contributed by atoms with Crippen LogP contribution in [-0.4, -0.2) is 21.8 Å². The van der Waals surface area contributed by atoms with Crippen molar-refractivity contribution in [2.45, 2.75) is 52.3 Å². The molecule has 1 amide bonds. The Balaban J connectivity index is 2.12. The fourth-order valence-corrected chi connectivity index (χ4v) is 2.73. The molecule has 0 aliphatic rings. The number of amides is 1. The van der Waals surface area contributed by atoms with Gasteiger partial charge in [0.25, 0.3) is 0 Å². The molecule has 5 nitrogen and oxygen atoms in total. The maximum atomic E-state index is 12.8. The molecule has 0 fully saturated rings. The van der Waals surface area contributed by atoms with Crippen LogP contribution in [0.3, 0.4) is 0 Å². The van der Waals surface area contributed by atoms with Crippen molar-refractivity contribution in [1.82, 2.24) is 9.78 Å². The van der Waals surface area contributed by atoms with Crippen molar-refractivity contribution in [1.29, 1.82) is 0 Å². The number of alkyl halides is 3. The maximum Gasteiger partial charge on any atom is 0.419 e. The quantitative estimate of drug-likeness (QED) is 0.633. The van der Waals surface area contributed by atoms with E-state index in [1.807, 2.05) is 26.0 Å². The van der Waals surface area contributed by atoms with E-state index in [2.05, 4.69) is 17.8 Å². The molecule has 1 aromatic heterocycles. The molecular weight excluding hydrogens is 383 g/mol. The lowest BCUT2D eigenvalue weighted by Crippen LogP contribution is -2.59. The zero-order chi connectivity index (χ0) is 21.6. The van der Waals surface area contributed by atoms with E-state index in [9.17, 15) is 18.0 Å². The lowest BCUT2D eigenvalue weighted by atomic mass is 10.1. The number of nitrogens with zero attached hydrogens (tertiary/aromatic N) is 2. The van der Waals surface area contributed by atoms with Gasteiger partial charge < -0.3 is 4.74 Å². The van der Waals surface area contributed by atoms with Crippen molar-refractivity contribution in [3.63, 3.8) is 0 Å². The number of carbonyl (C=O) groups excluding carboxylic acids is 1. The van der Waals surface area contributed by atoms with Crippen LogP contribution in [0.1, 0.15) is 44.2 Å². The van der Waals surface area contributed by atoms with Crippen LogP contribution >= 0.6 is 0 Å². The van der Waals surface area contributed by atoms with Crippen LogP contribution in [0.15, 0.2) is 42.7 Å². The van der Waals surface area contributed by atoms with Gasteiger partial charge in [-0.05, 0) is 56.5 Å². The molecule has 2 atom stereocenters. The standard InChI is InChI=1S/C21H26F3N3O2/c1-4-6-18(8-5-7-14(2)20(25)28)29-19-10-9-17(11-15(19)3)27-13-16(12-26-27)21(22,23)24/h5,8-14,18H,4,6-7H2,1-3H3,(H2,25,28)/p+1. The summed E-state index contributed by atoms with van der Waals surface area (Å²) in [4.78, 5) is 11.2. The summed E-state index contributed by atoms with van der Waals surface area (Å²) in [5.74, 6) is 0.424. The molecule has 2 aromatic rings. The number of hydrogen-bond acceptors (Lipinski definition) is 3. The highest BCUT2D eigenvalue weighted by Gasteiger charge is 2.32. The molecule has 0 saturated carbocycles. The average molecular weight is 410 g/mol. The molecule has 0 spiro atoms. The molecule has 0 bridgehead atoms. The number of aromatic nitrogens is 2. The van der Waals surface area contributed by atoms with Gasteiger partial charge >= 0.3 is 12.1 Å². The largest absolute Gasteiger partial charge is 0.486 e. The summed E-state index contributed by atoms with van der Waals surface area (Å²) < 4.78 is 45.6. The van der Waals surface area contributed by atoms with E-state index in [1.54, 1.807) is 18.2 Å². The number of allylic oxidation sites excluding steroid dienone is 1. The summed E-state index contributed by atoms with van der Waals surface area (Å²) in [6.07, 6.45) is 3.39. The Morgan fingerprint density at radius 1 is 1.38 bits per heavy atom. The molecule has 158 valence electrons. The van der Waals surface area contributed by atoms with Crippen LogP contribution in [0.2, 0.25) is 0 Å². The highest BCUT2D eigenvalue weighted by molar-refractivity contribution is 5.67. The Morgan fingerprint density at radius 2 is 2.10 bits per heavy atom.